The molecule has 18 heavy (non-hydrogen) atoms. The Balaban J connectivity index is 2.12. The van der Waals surface area contributed by atoms with Crippen molar-refractivity contribution >= 4 is 11.6 Å². The average Bonchev–Trinajstić information content (AvgIpc) is 2.42. The fourth-order valence-electron chi connectivity index (χ4n) is 2.74. The quantitative estimate of drug-likeness (QED) is 0.503. The molecule has 3 atom stereocenters. The Morgan fingerprint density at radius 1 is 0.889 bits per heavy atom. The van der Waals surface area contributed by atoms with E-state index in [9.17, 15) is 10.2 Å². The molecule has 0 heterocycles. The van der Waals surface area contributed by atoms with Crippen molar-refractivity contribution in [2.45, 2.75) is 51.0 Å². The molecule has 1 aliphatic carbocycles. The summed E-state index contributed by atoms with van der Waals surface area (Å²) in [6.07, 6.45) is 7.56. The lowest BCUT2D eigenvalue weighted by Gasteiger charge is -2.33. The molecule has 0 spiro atoms. The van der Waals surface area contributed by atoms with Gasteiger partial charge in [-0.05, 0) is 43.9 Å². The van der Waals surface area contributed by atoms with Gasteiger partial charge in [-0.3, -0.25) is 0 Å². The fourth-order valence-corrected chi connectivity index (χ4v) is 2.93. The predicted octanol–water partition coefficient (Wildman–Crippen LogP) is 2.57. The minimum absolute atomic E-state index is 0.214. The van der Waals surface area contributed by atoms with Gasteiger partial charge in [0.1, 0.15) is 0 Å². The molecule has 1 fully saturated rings. The zero-order chi connectivity index (χ0) is 13.2. The third-order valence-corrected chi connectivity index (χ3v) is 4.02. The van der Waals surface area contributed by atoms with Crippen LogP contribution in [0.1, 0.15) is 44.9 Å². The zero-order valence-electron chi connectivity index (χ0n) is 11.2. The molecule has 4 heteroatoms. The maximum atomic E-state index is 9.24. The second-order valence-corrected chi connectivity index (χ2v) is 5.78. The van der Waals surface area contributed by atoms with E-state index in [0.29, 0.717) is 11.8 Å². The molecular weight excluding hydrogens is 252 g/mol. The molecule has 0 aromatic carbocycles. The second-order valence-electron chi connectivity index (χ2n) is 5.40. The van der Waals surface area contributed by atoms with Gasteiger partial charge in [0.2, 0.25) is 0 Å². The first-order valence-corrected chi connectivity index (χ1v) is 7.72. The smallest absolute Gasteiger partial charge is 0.0582 e. The molecule has 3 nitrogen and oxygen atoms in total. The molecule has 0 amide bonds. The highest BCUT2D eigenvalue weighted by molar-refractivity contribution is 6.17. The van der Waals surface area contributed by atoms with Crippen molar-refractivity contribution < 1.29 is 14.9 Å². The van der Waals surface area contributed by atoms with Crippen molar-refractivity contribution in [2.75, 3.05) is 25.7 Å². The summed E-state index contributed by atoms with van der Waals surface area (Å²) < 4.78 is 5.87. The molecule has 2 N–H and O–H groups in total. The van der Waals surface area contributed by atoms with Crippen LogP contribution in [0.3, 0.4) is 0 Å². The Labute approximate surface area is 115 Å². The van der Waals surface area contributed by atoms with Gasteiger partial charge in [0, 0.05) is 25.7 Å². The normalized spacial score (nSPS) is 28.5. The fraction of sp³-hybridized carbons (Fsp3) is 1.00. The Kier molecular flexibility index (Phi) is 9.03. The summed E-state index contributed by atoms with van der Waals surface area (Å²) in [7, 11) is 0. The van der Waals surface area contributed by atoms with E-state index in [0.717, 1.165) is 44.6 Å². The van der Waals surface area contributed by atoms with Crippen LogP contribution in [-0.4, -0.2) is 42.0 Å². The molecule has 0 aromatic heterocycles. The van der Waals surface area contributed by atoms with Crippen LogP contribution < -0.4 is 0 Å². The highest BCUT2D eigenvalue weighted by atomic mass is 35.5. The number of halogens is 1. The standard InChI is InChI=1S/C14H27ClO3/c15-5-3-1-2-4-6-18-14-8-12(10-16)7-13(9-14)11-17/h12-14,16-17H,1-11H2/t12-,13+,14?. The molecule has 0 bridgehead atoms. The van der Waals surface area contributed by atoms with Crippen LogP contribution in [0.15, 0.2) is 0 Å². The molecule has 0 radical (unpaired) electrons. The van der Waals surface area contributed by atoms with Crippen molar-refractivity contribution in [3.05, 3.63) is 0 Å². The monoisotopic (exact) mass is 278 g/mol. The van der Waals surface area contributed by atoms with E-state index in [1.54, 1.807) is 0 Å². The van der Waals surface area contributed by atoms with Gasteiger partial charge in [0.15, 0.2) is 0 Å². The second kappa shape index (κ2) is 10.0. The van der Waals surface area contributed by atoms with Crippen LogP contribution in [-0.2, 0) is 4.74 Å². The third kappa shape index (κ3) is 6.37. The van der Waals surface area contributed by atoms with Gasteiger partial charge < -0.3 is 14.9 Å². The molecule has 0 saturated heterocycles. The number of aliphatic hydroxyl groups excluding tert-OH is 2. The Hall–Kier alpha value is 0.170. The first-order valence-electron chi connectivity index (χ1n) is 7.19. The lowest BCUT2D eigenvalue weighted by atomic mass is 9.80. The van der Waals surface area contributed by atoms with E-state index in [1.165, 1.54) is 12.8 Å². The van der Waals surface area contributed by atoms with Crippen LogP contribution in [0.4, 0.5) is 0 Å². The number of alkyl halides is 1. The summed E-state index contributed by atoms with van der Waals surface area (Å²) in [4.78, 5) is 0. The van der Waals surface area contributed by atoms with Crippen LogP contribution in [0.25, 0.3) is 0 Å². The molecule has 0 aromatic rings. The lowest BCUT2D eigenvalue weighted by molar-refractivity contribution is -0.0249. The van der Waals surface area contributed by atoms with Gasteiger partial charge in [-0.25, -0.2) is 0 Å². The van der Waals surface area contributed by atoms with Crippen LogP contribution in [0.5, 0.6) is 0 Å². The zero-order valence-corrected chi connectivity index (χ0v) is 11.9. The highest BCUT2D eigenvalue weighted by Gasteiger charge is 2.28. The van der Waals surface area contributed by atoms with Crippen LogP contribution in [0, 0.1) is 11.8 Å². The number of ether oxygens (including phenoxy) is 1. The van der Waals surface area contributed by atoms with Crippen molar-refractivity contribution in [3.8, 4) is 0 Å². The minimum Gasteiger partial charge on any atom is -0.396 e. The number of rotatable bonds is 9. The van der Waals surface area contributed by atoms with Gasteiger partial charge in [-0.15, -0.1) is 11.6 Å². The number of hydrogen-bond acceptors (Lipinski definition) is 3. The topological polar surface area (TPSA) is 49.7 Å². The maximum absolute atomic E-state index is 9.24. The van der Waals surface area contributed by atoms with Gasteiger partial charge in [-0.1, -0.05) is 12.8 Å². The van der Waals surface area contributed by atoms with Gasteiger partial charge in [0.25, 0.3) is 0 Å². The summed E-state index contributed by atoms with van der Waals surface area (Å²) in [5.41, 5.74) is 0. The van der Waals surface area contributed by atoms with Gasteiger partial charge >= 0.3 is 0 Å². The van der Waals surface area contributed by atoms with Gasteiger partial charge in [0.05, 0.1) is 6.10 Å². The van der Waals surface area contributed by atoms with E-state index < -0.39 is 0 Å². The van der Waals surface area contributed by atoms with Crippen molar-refractivity contribution in [2.24, 2.45) is 11.8 Å². The van der Waals surface area contributed by atoms with Crippen molar-refractivity contribution in [1.29, 1.82) is 0 Å². The van der Waals surface area contributed by atoms with Crippen molar-refractivity contribution in [3.63, 3.8) is 0 Å². The van der Waals surface area contributed by atoms with E-state index in [2.05, 4.69) is 0 Å². The summed E-state index contributed by atoms with van der Waals surface area (Å²) in [5.74, 6) is 1.36. The maximum Gasteiger partial charge on any atom is 0.0582 e. The number of unbranched alkanes of at least 4 members (excludes halogenated alkanes) is 3. The predicted molar refractivity (Wildman–Crippen MR) is 73.9 cm³/mol. The molecule has 1 saturated carbocycles. The Bertz CT molecular complexity index is 189. The number of aliphatic hydroxyl groups is 2. The summed E-state index contributed by atoms with van der Waals surface area (Å²) >= 11 is 5.62. The number of hydrogen-bond donors (Lipinski definition) is 2. The molecular formula is C14H27ClO3. The lowest BCUT2D eigenvalue weighted by Crippen LogP contribution is -2.32. The van der Waals surface area contributed by atoms with E-state index in [4.69, 9.17) is 16.3 Å². The minimum atomic E-state index is 0.214. The first kappa shape index (κ1) is 16.2. The Morgan fingerprint density at radius 2 is 1.50 bits per heavy atom. The van der Waals surface area contributed by atoms with Crippen molar-refractivity contribution in [1.82, 2.24) is 0 Å². The molecule has 1 aliphatic rings. The van der Waals surface area contributed by atoms with E-state index in [-0.39, 0.29) is 19.3 Å². The van der Waals surface area contributed by atoms with E-state index in [1.807, 2.05) is 0 Å². The molecule has 108 valence electrons. The first-order chi connectivity index (χ1) is 8.80. The summed E-state index contributed by atoms with van der Waals surface area (Å²) in [6, 6.07) is 0. The molecule has 0 aliphatic heterocycles. The average molecular weight is 279 g/mol. The van der Waals surface area contributed by atoms with Crippen LogP contribution >= 0.6 is 11.6 Å². The van der Waals surface area contributed by atoms with Gasteiger partial charge in [-0.2, -0.15) is 0 Å². The summed E-state index contributed by atoms with van der Waals surface area (Å²) in [5, 5.41) is 18.5. The molecule has 1 rings (SSSR count). The largest absolute Gasteiger partial charge is 0.396 e. The van der Waals surface area contributed by atoms with E-state index >= 15 is 0 Å². The highest BCUT2D eigenvalue weighted by Crippen LogP contribution is 2.30. The van der Waals surface area contributed by atoms with Crippen LogP contribution in [0.2, 0.25) is 0 Å². The third-order valence-electron chi connectivity index (χ3n) is 3.76. The summed E-state index contributed by atoms with van der Waals surface area (Å²) in [6.45, 7) is 1.22. The Morgan fingerprint density at radius 3 is 2.06 bits per heavy atom. The molecule has 1 unspecified atom stereocenters. The SMILES string of the molecule is OC[C@@H]1CC(OCCCCCCCl)C[C@H](CO)C1.